The quantitative estimate of drug-likeness (QED) is 0.459. The number of amides is 1. The van der Waals surface area contributed by atoms with Gasteiger partial charge in [0.15, 0.2) is 11.0 Å². The summed E-state index contributed by atoms with van der Waals surface area (Å²) in [5.74, 6) is 0.892. The third-order valence-electron chi connectivity index (χ3n) is 4.31. The number of benzene rings is 1. The van der Waals surface area contributed by atoms with Crippen LogP contribution in [0.25, 0.3) is 11.4 Å². The summed E-state index contributed by atoms with van der Waals surface area (Å²) in [6.07, 6.45) is 5.22. The number of carbonyl (C=O) groups excluding carboxylic acids is 1. The predicted octanol–water partition coefficient (Wildman–Crippen LogP) is 4.55. The molecule has 0 unspecified atom stereocenters. The molecule has 2 heterocycles. The highest BCUT2D eigenvalue weighted by Crippen LogP contribution is 2.29. The first-order valence-electron chi connectivity index (χ1n) is 9.37. The lowest BCUT2D eigenvalue weighted by Crippen LogP contribution is -2.20. The molecule has 1 aromatic carbocycles. The van der Waals surface area contributed by atoms with E-state index >= 15 is 0 Å². The number of anilines is 1. The first-order valence-corrected chi connectivity index (χ1v) is 10.4. The van der Waals surface area contributed by atoms with Gasteiger partial charge in [-0.15, -0.1) is 16.8 Å². The SMILES string of the molecule is C=CCn1c(SCC(=O)Nc2ccccc2C(C)(C)C)nnc1-c1ccncc1. The highest BCUT2D eigenvalue weighted by Gasteiger charge is 2.19. The lowest BCUT2D eigenvalue weighted by Gasteiger charge is -2.22. The molecule has 29 heavy (non-hydrogen) atoms. The summed E-state index contributed by atoms with van der Waals surface area (Å²) < 4.78 is 1.95. The summed E-state index contributed by atoms with van der Waals surface area (Å²) >= 11 is 1.36. The normalized spacial score (nSPS) is 11.3. The van der Waals surface area contributed by atoms with E-state index < -0.39 is 0 Å². The van der Waals surface area contributed by atoms with Gasteiger partial charge in [0, 0.05) is 30.2 Å². The number of pyridine rings is 1. The zero-order valence-corrected chi connectivity index (χ0v) is 17.7. The van der Waals surface area contributed by atoms with Gasteiger partial charge in [0.05, 0.1) is 5.75 Å². The molecule has 7 heteroatoms. The van der Waals surface area contributed by atoms with Crippen molar-refractivity contribution in [3.05, 3.63) is 67.0 Å². The summed E-state index contributed by atoms with van der Waals surface area (Å²) in [5, 5.41) is 12.3. The molecule has 0 aliphatic carbocycles. The first-order chi connectivity index (χ1) is 13.9. The van der Waals surface area contributed by atoms with Gasteiger partial charge in [-0.05, 0) is 29.2 Å². The van der Waals surface area contributed by atoms with Crippen molar-refractivity contribution in [3.63, 3.8) is 0 Å². The van der Waals surface area contributed by atoms with Crippen molar-refractivity contribution in [2.24, 2.45) is 0 Å². The van der Waals surface area contributed by atoms with Gasteiger partial charge in [-0.2, -0.15) is 0 Å². The number of hydrogen-bond acceptors (Lipinski definition) is 5. The Balaban J connectivity index is 1.73. The van der Waals surface area contributed by atoms with Crippen molar-refractivity contribution >= 4 is 23.4 Å². The second kappa shape index (κ2) is 9.05. The van der Waals surface area contributed by atoms with E-state index in [-0.39, 0.29) is 17.1 Å². The van der Waals surface area contributed by atoms with Gasteiger partial charge in [-0.3, -0.25) is 14.3 Å². The number of aromatic nitrogens is 4. The van der Waals surface area contributed by atoms with Crippen molar-refractivity contribution in [2.45, 2.75) is 37.9 Å². The standard InChI is InChI=1S/C22H25N5OS/c1-5-14-27-20(16-10-12-23-13-11-16)25-26-21(27)29-15-19(28)24-18-9-7-6-8-17(18)22(2,3)4/h5-13H,1,14-15H2,2-4H3,(H,24,28). The molecule has 0 radical (unpaired) electrons. The van der Waals surface area contributed by atoms with Crippen LogP contribution in [-0.4, -0.2) is 31.4 Å². The minimum Gasteiger partial charge on any atom is -0.325 e. The second-order valence-electron chi connectivity index (χ2n) is 7.57. The van der Waals surface area contributed by atoms with Crippen LogP contribution in [0.4, 0.5) is 5.69 Å². The van der Waals surface area contributed by atoms with Crippen LogP contribution in [0.15, 0.2) is 66.6 Å². The zero-order chi connectivity index (χ0) is 20.9. The first kappa shape index (κ1) is 20.8. The maximum Gasteiger partial charge on any atom is 0.234 e. The summed E-state index contributed by atoms with van der Waals surface area (Å²) in [6, 6.07) is 11.7. The predicted molar refractivity (Wildman–Crippen MR) is 118 cm³/mol. The molecular weight excluding hydrogens is 382 g/mol. The molecule has 0 aliphatic heterocycles. The molecule has 0 spiro atoms. The van der Waals surface area contributed by atoms with E-state index in [1.807, 2.05) is 41.0 Å². The number of hydrogen-bond donors (Lipinski definition) is 1. The fourth-order valence-electron chi connectivity index (χ4n) is 2.97. The van der Waals surface area contributed by atoms with E-state index in [9.17, 15) is 4.79 Å². The van der Waals surface area contributed by atoms with Crippen LogP contribution >= 0.6 is 11.8 Å². The molecular formula is C22H25N5OS. The third-order valence-corrected chi connectivity index (χ3v) is 5.28. The Kier molecular flexibility index (Phi) is 6.49. The van der Waals surface area contributed by atoms with Crippen molar-refractivity contribution in [3.8, 4) is 11.4 Å². The zero-order valence-electron chi connectivity index (χ0n) is 16.9. The Morgan fingerprint density at radius 3 is 2.59 bits per heavy atom. The van der Waals surface area contributed by atoms with E-state index in [2.05, 4.69) is 47.8 Å². The number of thioether (sulfide) groups is 1. The number of allylic oxidation sites excluding steroid dienone is 1. The molecule has 6 nitrogen and oxygen atoms in total. The van der Waals surface area contributed by atoms with Crippen LogP contribution in [0.2, 0.25) is 0 Å². The average Bonchev–Trinajstić information content (AvgIpc) is 3.10. The van der Waals surface area contributed by atoms with E-state index in [1.54, 1.807) is 18.5 Å². The summed E-state index contributed by atoms with van der Waals surface area (Å²) in [5.41, 5.74) is 2.81. The molecule has 1 N–H and O–H groups in total. The maximum absolute atomic E-state index is 12.6. The number of nitrogens with one attached hydrogen (secondary N) is 1. The van der Waals surface area contributed by atoms with Crippen LogP contribution in [-0.2, 0) is 16.8 Å². The van der Waals surface area contributed by atoms with Crippen molar-refractivity contribution in [2.75, 3.05) is 11.1 Å². The van der Waals surface area contributed by atoms with Gasteiger partial charge in [-0.25, -0.2) is 0 Å². The molecule has 1 amide bonds. The van der Waals surface area contributed by atoms with Crippen molar-refractivity contribution in [1.29, 1.82) is 0 Å². The molecule has 150 valence electrons. The second-order valence-corrected chi connectivity index (χ2v) is 8.52. The summed E-state index contributed by atoms with van der Waals surface area (Å²) in [7, 11) is 0. The molecule has 3 aromatic rings. The van der Waals surface area contributed by atoms with Gasteiger partial charge in [0.25, 0.3) is 0 Å². The van der Waals surface area contributed by atoms with Gasteiger partial charge < -0.3 is 5.32 Å². The highest BCUT2D eigenvalue weighted by atomic mass is 32.2. The summed E-state index contributed by atoms with van der Waals surface area (Å²) in [4.78, 5) is 16.6. The molecule has 0 bridgehead atoms. The number of carbonyl (C=O) groups is 1. The Hall–Kier alpha value is -2.93. The van der Waals surface area contributed by atoms with Crippen LogP contribution in [0.3, 0.4) is 0 Å². The van der Waals surface area contributed by atoms with Crippen molar-refractivity contribution in [1.82, 2.24) is 19.7 Å². The molecule has 0 saturated carbocycles. The van der Waals surface area contributed by atoms with E-state index in [4.69, 9.17) is 0 Å². The smallest absolute Gasteiger partial charge is 0.234 e. The lowest BCUT2D eigenvalue weighted by atomic mass is 9.86. The summed E-state index contributed by atoms with van der Waals surface area (Å²) in [6.45, 7) is 10.8. The number of rotatable bonds is 7. The minimum absolute atomic E-state index is 0.0550. The third kappa shape index (κ3) is 5.12. The maximum atomic E-state index is 12.6. The number of nitrogens with zero attached hydrogens (tertiary/aromatic N) is 4. The van der Waals surface area contributed by atoms with Gasteiger partial charge in [-0.1, -0.05) is 56.8 Å². The number of para-hydroxylation sites is 1. The van der Waals surface area contributed by atoms with Crippen LogP contribution in [0.1, 0.15) is 26.3 Å². The molecule has 0 aliphatic rings. The van der Waals surface area contributed by atoms with Crippen LogP contribution in [0.5, 0.6) is 0 Å². The monoisotopic (exact) mass is 407 g/mol. The minimum atomic E-state index is -0.0784. The van der Waals surface area contributed by atoms with Crippen LogP contribution in [0, 0.1) is 0 Å². The Morgan fingerprint density at radius 1 is 1.17 bits per heavy atom. The largest absolute Gasteiger partial charge is 0.325 e. The van der Waals surface area contributed by atoms with E-state index in [0.717, 1.165) is 22.6 Å². The Morgan fingerprint density at radius 2 is 1.90 bits per heavy atom. The lowest BCUT2D eigenvalue weighted by molar-refractivity contribution is -0.113. The molecule has 0 fully saturated rings. The van der Waals surface area contributed by atoms with E-state index in [1.165, 1.54) is 11.8 Å². The molecule has 3 rings (SSSR count). The fourth-order valence-corrected chi connectivity index (χ4v) is 3.71. The average molecular weight is 408 g/mol. The Bertz CT molecular complexity index is 992. The van der Waals surface area contributed by atoms with Crippen LogP contribution < -0.4 is 5.32 Å². The van der Waals surface area contributed by atoms with Gasteiger partial charge >= 0.3 is 0 Å². The fraction of sp³-hybridized carbons (Fsp3) is 0.273. The highest BCUT2D eigenvalue weighted by molar-refractivity contribution is 7.99. The molecule has 0 atom stereocenters. The van der Waals surface area contributed by atoms with Gasteiger partial charge in [0.1, 0.15) is 0 Å². The molecule has 2 aromatic heterocycles. The molecule has 0 saturated heterocycles. The Labute approximate surface area is 175 Å². The van der Waals surface area contributed by atoms with E-state index in [0.29, 0.717) is 11.7 Å². The topological polar surface area (TPSA) is 72.7 Å². The van der Waals surface area contributed by atoms with Crippen molar-refractivity contribution < 1.29 is 4.79 Å². The van der Waals surface area contributed by atoms with Gasteiger partial charge in [0.2, 0.25) is 5.91 Å².